The molecule has 0 bridgehead atoms. The van der Waals surface area contributed by atoms with Gasteiger partial charge in [-0.3, -0.25) is 0 Å². The van der Waals surface area contributed by atoms with Gasteiger partial charge >= 0.3 is 0 Å². The highest BCUT2D eigenvalue weighted by Crippen LogP contribution is 2.31. The van der Waals surface area contributed by atoms with Crippen LogP contribution in [0.25, 0.3) is 0 Å². The van der Waals surface area contributed by atoms with Crippen LogP contribution in [0.4, 0.5) is 13.2 Å². The third-order valence-corrected chi connectivity index (χ3v) is 3.54. The highest BCUT2D eigenvalue weighted by molar-refractivity contribution is 6.36. The molecule has 0 fully saturated rings. The predicted molar refractivity (Wildman–Crippen MR) is 71.4 cm³/mol. The minimum atomic E-state index is -1.52. The number of hydrogen-bond acceptors (Lipinski definition) is 1. The number of hydrogen-bond donors (Lipinski definition) is 1. The van der Waals surface area contributed by atoms with E-state index in [-0.39, 0.29) is 16.5 Å². The first-order valence-electron chi connectivity index (χ1n) is 5.65. The monoisotopic (exact) mass is 320 g/mol. The Morgan fingerprint density at radius 1 is 1.00 bits per heavy atom. The van der Waals surface area contributed by atoms with E-state index in [4.69, 9.17) is 23.2 Å². The van der Waals surface area contributed by atoms with Gasteiger partial charge in [0.25, 0.3) is 0 Å². The Bertz CT molecular complexity index is 603. The molecule has 0 radical (unpaired) electrons. The molecule has 2 aromatic carbocycles. The molecule has 1 atom stereocenters. The molecule has 20 heavy (non-hydrogen) atoms. The zero-order valence-electron chi connectivity index (χ0n) is 10.0. The number of rotatable bonds is 3. The standard InChI is InChI=1S/C14H9Cl2F3O/c15-9-2-1-3-10(16)8(9)6-13(20)14-11(18)4-7(17)5-12(14)19/h1-5,13,20H,6H2. The van der Waals surface area contributed by atoms with Gasteiger partial charge in [0.2, 0.25) is 0 Å². The number of aliphatic hydroxyl groups excluding tert-OH is 1. The van der Waals surface area contributed by atoms with Gasteiger partial charge in [0.1, 0.15) is 17.5 Å². The lowest BCUT2D eigenvalue weighted by molar-refractivity contribution is 0.168. The predicted octanol–water partition coefficient (Wildman–Crippen LogP) is 4.69. The van der Waals surface area contributed by atoms with Crippen LogP contribution in [-0.2, 0) is 6.42 Å². The summed E-state index contributed by atoms with van der Waals surface area (Å²) in [5, 5.41) is 10.5. The molecule has 0 amide bonds. The van der Waals surface area contributed by atoms with Gasteiger partial charge in [0.05, 0.1) is 11.7 Å². The Kier molecular flexibility index (Phi) is 4.58. The second-order valence-electron chi connectivity index (χ2n) is 4.20. The lowest BCUT2D eigenvalue weighted by atomic mass is 10.00. The van der Waals surface area contributed by atoms with Crippen LogP contribution < -0.4 is 0 Å². The summed E-state index contributed by atoms with van der Waals surface area (Å²) in [4.78, 5) is 0. The molecule has 2 aromatic rings. The first-order chi connectivity index (χ1) is 9.40. The van der Waals surface area contributed by atoms with E-state index in [1.54, 1.807) is 18.2 Å². The molecular weight excluding hydrogens is 312 g/mol. The summed E-state index contributed by atoms with van der Waals surface area (Å²) in [6, 6.07) is 5.73. The summed E-state index contributed by atoms with van der Waals surface area (Å²) >= 11 is 11.8. The van der Waals surface area contributed by atoms with Crippen LogP contribution in [0.5, 0.6) is 0 Å². The number of benzene rings is 2. The Morgan fingerprint density at radius 2 is 1.50 bits per heavy atom. The van der Waals surface area contributed by atoms with E-state index in [0.717, 1.165) is 0 Å². The summed E-state index contributed by atoms with van der Waals surface area (Å²) in [5.41, 5.74) is -0.242. The van der Waals surface area contributed by atoms with Gasteiger partial charge in [0.15, 0.2) is 0 Å². The highest BCUT2D eigenvalue weighted by Gasteiger charge is 2.21. The lowest BCUT2D eigenvalue weighted by Crippen LogP contribution is -2.08. The second kappa shape index (κ2) is 6.04. The molecule has 0 aliphatic carbocycles. The van der Waals surface area contributed by atoms with E-state index >= 15 is 0 Å². The summed E-state index contributed by atoms with van der Waals surface area (Å²) in [6.07, 6.45) is -1.70. The van der Waals surface area contributed by atoms with E-state index in [0.29, 0.717) is 17.7 Å². The van der Waals surface area contributed by atoms with Crippen molar-refractivity contribution in [1.29, 1.82) is 0 Å². The van der Waals surface area contributed by atoms with Crippen LogP contribution in [0.3, 0.4) is 0 Å². The lowest BCUT2D eigenvalue weighted by Gasteiger charge is -2.15. The van der Waals surface area contributed by atoms with Crippen molar-refractivity contribution in [2.45, 2.75) is 12.5 Å². The van der Waals surface area contributed by atoms with Crippen LogP contribution in [0.1, 0.15) is 17.2 Å². The van der Waals surface area contributed by atoms with E-state index in [2.05, 4.69) is 0 Å². The Morgan fingerprint density at radius 3 is 2.00 bits per heavy atom. The summed E-state index contributed by atoms with van der Waals surface area (Å²) in [5.74, 6) is -3.36. The quantitative estimate of drug-likeness (QED) is 0.870. The van der Waals surface area contributed by atoms with Crippen molar-refractivity contribution in [2.24, 2.45) is 0 Å². The zero-order chi connectivity index (χ0) is 14.9. The number of halogens is 5. The molecule has 0 heterocycles. The Labute approximate surface area is 123 Å². The van der Waals surface area contributed by atoms with Crippen LogP contribution in [-0.4, -0.2) is 5.11 Å². The van der Waals surface area contributed by atoms with Crippen LogP contribution in [0.2, 0.25) is 10.0 Å². The van der Waals surface area contributed by atoms with Crippen LogP contribution in [0, 0.1) is 17.5 Å². The molecule has 0 spiro atoms. The van der Waals surface area contributed by atoms with Crippen molar-refractivity contribution in [2.75, 3.05) is 0 Å². The first-order valence-corrected chi connectivity index (χ1v) is 6.41. The minimum Gasteiger partial charge on any atom is -0.388 e. The molecule has 6 heteroatoms. The molecular formula is C14H9Cl2F3O. The smallest absolute Gasteiger partial charge is 0.134 e. The van der Waals surface area contributed by atoms with Gasteiger partial charge in [0, 0.05) is 28.6 Å². The molecule has 1 N–H and O–H groups in total. The van der Waals surface area contributed by atoms with Gasteiger partial charge in [-0.05, 0) is 17.7 Å². The van der Waals surface area contributed by atoms with E-state index < -0.39 is 29.1 Å². The summed E-state index contributed by atoms with van der Waals surface area (Å²) in [6.45, 7) is 0. The van der Waals surface area contributed by atoms with Crippen molar-refractivity contribution in [3.8, 4) is 0 Å². The largest absolute Gasteiger partial charge is 0.388 e. The minimum absolute atomic E-state index is 0.183. The van der Waals surface area contributed by atoms with Crippen molar-refractivity contribution >= 4 is 23.2 Å². The third kappa shape index (κ3) is 3.08. The maximum atomic E-state index is 13.6. The van der Waals surface area contributed by atoms with Crippen molar-refractivity contribution in [1.82, 2.24) is 0 Å². The molecule has 106 valence electrons. The maximum absolute atomic E-state index is 13.6. The van der Waals surface area contributed by atoms with E-state index in [1.165, 1.54) is 0 Å². The maximum Gasteiger partial charge on any atom is 0.134 e. The van der Waals surface area contributed by atoms with Crippen molar-refractivity contribution in [3.63, 3.8) is 0 Å². The van der Waals surface area contributed by atoms with Crippen molar-refractivity contribution < 1.29 is 18.3 Å². The second-order valence-corrected chi connectivity index (χ2v) is 5.02. The average molecular weight is 321 g/mol. The van der Waals surface area contributed by atoms with Gasteiger partial charge in [-0.15, -0.1) is 0 Å². The Hall–Kier alpha value is -1.23. The molecule has 0 aromatic heterocycles. The first kappa shape index (κ1) is 15.2. The average Bonchev–Trinajstić information content (AvgIpc) is 2.32. The molecule has 0 aliphatic rings. The summed E-state index contributed by atoms with van der Waals surface area (Å²) < 4.78 is 39.9. The topological polar surface area (TPSA) is 20.2 Å². The van der Waals surface area contributed by atoms with E-state index in [1.807, 2.05) is 0 Å². The van der Waals surface area contributed by atoms with E-state index in [9.17, 15) is 18.3 Å². The van der Waals surface area contributed by atoms with Gasteiger partial charge in [-0.25, -0.2) is 13.2 Å². The SMILES string of the molecule is OC(Cc1c(Cl)cccc1Cl)c1c(F)cc(F)cc1F. The van der Waals surface area contributed by atoms with Gasteiger partial charge in [-0.2, -0.15) is 0 Å². The van der Waals surface area contributed by atoms with Gasteiger partial charge < -0.3 is 5.11 Å². The highest BCUT2D eigenvalue weighted by atomic mass is 35.5. The molecule has 1 nitrogen and oxygen atoms in total. The normalized spacial score (nSPS) is 12.5. The molecule has 0 saturated heterocycles. The molecule has 1 unspecified atom stereocenters. The Balaban J connectivity index is 2.36. The van der Waals surface area contributed by atoms with Gasteiger partial charge in [-0.1, -0.05) is 29.3 Å². The summed E-state index contributed by atoms with van der Waals surface area (Å²) in [7, 11) is 0. The number of aliphatic hydroxyl groups is 1. The zero-order valence-corrected chi connectivity index (χ0v) is 11.5. The fourth-order valence-corrected chi connectivity index (χ4v) is 2.45. The molecule has 2 rings (SSSR count). The fraction of sp³-hybridized carbons (Fsp3) is 0.143. The molecule has 0 aliphatic heterocycles. The fourth-order valence-electron chi connectivity index (χ4n) is 1.89. The van der Waals surface area contributed by atoms with Crippen LogP contribution >= 0.6 is 23.2 Å². The van der Waals surface area contributed by atoms with Crippen molar-refractivity contribution in [3.05, 3.63) is 69.0 Å². The van der Waals surface area contributed by atoms with Crippen LogP contribution in [0.15, 0.2) is 30.3 Å². The third-order valence-electron chi connectivity index (χ3n) is 2.84. The molecule has 0 saturated carbocycles.